The Bertz CT molecular complexity index is 669. The third-order valence-corrected chi connectivity index (χ3v) is 4.05. The maximum Gasteiger partial charge on any atom is 0.235 e. The van der Waals surface area contributed by atoms with Crippen LogP contribution in [0.3, 0.4) is 0 Å². The molecule has 2 aromatic rings. The minimum atomic E-state index is -0.251. The van der Waals surface area contributed by atoms with E-state index in [4.69, 9.17) is 4.74 Å². The lowest BCUT2D eigenvalue weighted by Crippen LogP contribution is -2.22. The summed E-state index contributed by atoms with van der Waals surface area (Å²) in [6.45, 7) is 2.41. The molecule has 1 N–H and O–H groups in total. The number of hydrogen-bond acceptors (Lipinski definition) is 2. The number of carbonyl (C=O) groups excluding carboxylic acids is 1. The van der Waals surface area contributed by atoms with Crippen LogP contribution in [0.25, 0.3) is 0 Å². The lowest BCUT2D eigenvalue weighted by molar-refractivity contribution is -0.117. The van der Waals surface area contributed by atoms with Crippen LogP contribution in [0.15, 0.2) is 46.9 Å². The highest BCUT2D eigenvalue weighted by molar-refractivity contribution is 9.10. The van der Waals surface area contributed by atoms with Gasteiger partial charge < -0.3 is 10.1 Å². The highest BCUT2D eigenvalue weighted by Crippen LogP contribution is 2.34. The maximum absolute atomic E-state index is 12.4. The molecule has 1 amide bonds. The Kier molecular flexibility index (Phi) is 3.49. The smallest absolute Gasteiger partial charge is 0.235 e. The van der Waals surface area contributed by atoms with Gasteiger partial charge in [0.25, 0.3) is 0 Å². The maximum atomic E-state index is 12.4. The zero-order chi connectivity index (χ0) is 14.1. The van der Waals surface area contributed by atoms with Gasteiger partial charge in [-0.1, -0.05) is 24.3 Å². The van der Waals surface area contributed by atoms with Gasteiger partial charge in [0, 0.05) is 10.0 Å². The number of amides is 1. The van der Waals surface area contributed by atoms with E-state index in [0.717, 1.165) is 27.0 Å². The van der Waals surface area contributed by atoms with Crippen molar-refractivity contribution in [2.45, 2.75) is 12.8 Å². The Morgan fingerprint density at radius 2 is 2.10 bits per heavy atom. The molecule has 1 unspecified atom stereocenters. The van der Waals surface area contributed by atoms with Crippen molar-refractivity contribution in [2.24, 2.45) is 0 Å². The minimum Gasteiger partial charge on any atom is -0.492 e. The van der Waals surface area contributed by atoms with Crippen LogP contribution < -0.4 is 10.1 Å². The first-order chi connectivity index (χ1) is 9.65. The van der Waals surface area contributed by atoms with Gasteiger partial charge in [0.2, 0.25) is 5.91 Å². The monoisotopic (exact) mass is 331 g/mol. The quantitative estimate of drug-likeness (QED) is 0.907. The molecule has 0 aliphatic carbocycles. The number of para-hydroxylation sites is 1. The molecule has 0 radical (unpaired) electrons. The average molecular weight is 332 g/mol. The summed E-state index contributed by atoms with van der Waals surface area (Å²) < 4.78 is 6.43. The number of ether oxygens (including phenoxy) is 1. The SMILES string of the molecule is Cc1ccc(NC(=O)C2COc3ccccc32)c(Br)c1. The number of anilines is 1. The molecule has 3 nitrogen and oxygen atoms in total. The van der Waals surface area contributed by atoms with Gasteiger partial charge in [0.05, 0.1) is 5.69 Å². The molecule has 4 heteroatoms. The van der Waals surface area contributed by atoms with Crippen LogP contribution in [-0.4, -0.2) is 12.5 Å². The molecule has 1 aliphatic heterocycles. The van der Waals surface area contributed by atoms with Crippen molar-refractivity contribution in [1.29, 1.82) is 0 Å². The summed E-state index contributed by atoms with van der Waals surface area (Å²) in [4.78, 5) is 12.4. The molecule has 0 saturated carbocycles. The number of hydrogen-bond donors (Lipinski definition) is 1. The summed E-state index contributed by atoms with van der Waals surface area (Å²) in [7, 11) is 0. The first-order valence-corrected chi connectivity index (χ1v) is 7.23. The number of rotatable bonds is 2. The lowest BCUT2D eigenvalue weighted by atomic mass is 10.0. The molecule has 1 atom stereocenters. The predicted molar refractivity (Wildman–Crippen MR) is 82.2 cm³/mol. The van der Waals surface area contributed by atoms with Crippen molar-refractivity contribution in [3.63, 3.8) is 0 Å². The van der Waals surface area contributed by atoms with Crippen LogP contribution in [0.1, 0.15) is 17.0 Å². The molecule has 0 fully saturated rings. The van der Waals surface area contributed by atoms with Gasteiger partial charge in [-0.15, -0.1) is 0 Å². The van der Waals surface area contributed by atoms with Gasteiger partial charge in [-0.3, -0.25) is 4.79 Å². The summed E-state index contributed by atoms with van der Waals surface area (Å²) >= 11 is 3.47. The van der Waals surface area contributed by atoms with E-state index in [1.807, 2.05) is 49.4 Å². The fourth-order valence-electron chi connectivity index (χ4n) is 2.32. The summed E-state index contributed by atoms with van der Waals surface area (Å²) in [5, 5.41) is 2.95. The van der Waals surface area contributed by atoms with Crippen LogP contribution in [0.4, 0.5) is 5.69 Å². The normalized spacial score (nSPS) is 16.4. The van der Waals surface area contributed by atoms with Crippen molar-refractivity contribution in [3.05, 3.63) is 58.1 Å². The third-order valence-electron chi connectivity index (χ3n) is 3.40. The molecule has 0 saturated heterocycles. The summed E-state index contributed by atoms with van der Waals surface area (Å²) in [5.74, 6) is 0.509. The van der Waals surface area contributed by atoms with E-state index in [1.54, 1.807) is 0 Å². The van der Waals surface area contributed by atoms with Crippen LogP contribution in [0, 0.1) is 6.92 Å². The Balaban J connectivity index is 1.81. The second-order valence-electron chi connectivity index (χ2n) is 4.87. The summed E-state index contributed by atoms with van der Waals surface area (Å²) in [6.07, 6.45) is 0. The standard InChI is InChI=1S/C16H14BrNO2/c1-10-6-7-14(13(17)8-10)18-16(19)12-9-20-15-5-3-2-4-11(12)15/h2-8,12H,9H2,1H3,(H,18,19). The highest BCUT2D eigenvalue weighted by Gasteiger charge is 2.30. The first-order valence-electron chi connectivity index (χ1n) is 6.44. The number of carbonyl (C=O) groups is 1. The second kappa shape index (κ2) is 5.29. The van der Waals surface area contributed by atoms with Crippen LogP contribution in [-0.2, 0) is 4.79 Å². The topological polar surface area (TPSA) is 38.3 Å². The van der Waals surface area contributed by atoms with Gasteiger partial charge in [0.15, 0.2) is 0 Å². The number of nitrogens with one attached hydrogen (secondary N) is 1. The van der Waals surface area contributed by atoms with Crippen LogP contribution in [0.2, 0.25) is 0 Å². The van der Waals surface area contributed by atoms with E-state index in [9.17, 15) is 4.79 Å². The van der Waals surface area contributed by atoms with E-state index in [2.05, 4.69) is 21.2 Å². The molecule has 0 aromatic heterocycles. The van der Waals surface area contributed by atoms with Crippen LogP contribution >= 0.6 is 15.9 Å². The summed E-state index contributed by atoms with van der Waals surface area (Å²) in [6, 6.07) is 13.5. The van der Waals surface area contributed by atoms with E-state index in [-0.39, 0.29) is 11.8 Å². The van der Waals surface area contributed by atoms with Crippen molar-refractivity contribution >= 4 is 27.5 Å². The Morgan fingerprint density at radius 1 is 1.30 bits per heavy atom. The number of aryl methyl sites for hydroxylation is 1. The van der Waals surface area contributed by atoms with Crippen molar-refractivity contribution < 1.29 is 9.53 Å². The van der Waals surface area contributed by atoms with Gasteiger partial charge in [-0.2, -0.15) is 0 Å². The van der Waals surface area contributed by atoms with E-state index >= 15 is 0 Å². The Labute approximate surface area is 126 Å². The average Bonchev–Trinajstić information content (AvgIpc) is 2.86. The molecule has 2 aromatic carbocycles. The molecule has 102 valence electrons. The number of halogens is 1. The van der Waals surface area contributed by atoms with Gasteiger partial charge >= 0.3 is 0 Å². The van der Waals surface area contributed by atoms with E-state index < -0.39 is 0 Å². The second-order valence-corrected chi connectivity index (χ2v) is 5.73. The molecule has 3 rings (SSSR count). The number of benzene rings is 2. The molecule has 1 aliphatic rings. The molecule has 1 heterocycles. The fraction of sp³-hybridized carbons (Fsp3) is 0.188. The van der Waals surface area contributed by atoms with E-state index in [0.29, 0.717) is 6.61 Å². The van der Waals surface area contributed by atoms with Crippen molar-refractivity contribution in [1.82, 2.24) is 0 Å². The largest absolute Gasteiger partial charge is 0.492 e. The molecule has 0 bridgehead atoms. The lowest BCUT2D eigenvalue weighted by Gasteiger charge is -2.12. The van der Waals surface area contributed by atoms with E-state index in [1.165, 1.54) is 0 Å². The zero-order valence-corrected chi connectivity index (χ0v) is 12.6. The molecular weight excluding hydrogens is 318 g/mol. The molecular formula is C16H14BrNO2. The minimum absolute atomic E-state index is 0.0421. The van der Waals surface area contributed by atoms with Gasteiger partial charge in [-0.25, -0.2) is 0 Å². The van der Waals surface area contributed by atoms with Crippen molar-refractivity contribution in [2.75, 3.05) is 11.9 Å². The van der Waals surface area contributed by atoms with Crippen LogP contribution in [0.5, 0.6) is 5.75 Å². The highest BCUT2D eigenvalue weighted by atomic mass is 79.9. The number of fused-ring (bicyclic) bond motifs is 1. The van der Waals surface area contributed by atoms with Gasteiger partial charge in [-0.05, 0) is 46.6 Å². The first kappa shape index (κ1) is 13.2. The van der Waals surface area contributed by atoms with Gasteiger partial charge in [0.1, 0.15) is 18.3 Å². The Hall–Kier alpha value is -1.81. The molecule has 0 spiro atoms. The third kappa shape index (κ3) is 2.43. The Morgan fingerprint density at radius 3 is 2.90 bits per heavy atom. The predicted octanol–water partition coefficient (Wildman–Crippen LogP) is 3.87. The zero-order valence-electron chi connectivity index (χ0n) is 11.0. The molecule has 20 heavy (non-hydrogen) atoms. The van der Waals surface area contributed by atoms with Crippen molar-refractivity contribution in [3.8, 4) is 5.75 Å². The summed E-state index contributed by atoms with van der Waals surface area (Å²) in [5.41, 5.74) is 2.88. The fourth-order valence-corrected chi connectivity index (χ4v) is 2.91.